The highest BCUT2D eigenvalue weighted by atomic mass is 32.2. The Morgan fingerprint density at radius 1 is 1.35 bits per heavy atom. The fourth-order valence-electron chi connectivity index (χ4n) is 3.34. The Hall–Kier alpha value is -3.02. The number of hydrazine groups is 1. The second-order valence-electron chi connectivity index (χ2n) is 7.38. The van der Waals surface area contributed by atoms with Gasteiger partial charge in [0.1, 0.15) is 5.82 Å². The Morgan fingerprint density at radius 2 is 2.03 bits per heavy atom. The van der Waals surface area contributed by atoms with E-state index >= 15 is 0 Å². The van der Waals surface area contributed by atoms with Crippen molar-refractivity contribution in [2.75, 3.05) is 0 Å². The monoisotopic (exact) mass is 452 g/mol. The van der Waals surface area contributed by atoms with E-state index in [9.17, 15) is 17.6 Å². The third-order valence-electron chi connectivity index (χ3n) is 5.00. The van der Waals surface area contributed by atoms with Crippen LogP contribution >= 0.6 is 0 Å². The summed E-state index contributed by atoms with van der Waals surface area (Å²) in [5, 5.41) is 0.280. The van der Waals surface area contributed by atoms with E-state index in [4.69, 9.17) is 10.2 Å². The van der Waals surface area contributed by atoms with Gasteiger partial charge in [0, 0.05) is 6.42 Å². The van der Waals surface area contributed by atoms with E-state index in [0.29, 0.717) is 0 Å². The predicted octanol–water partition coefficient (Wildman–Crippen LogP) is 1.76. The summed E-state index contributed by atoms with van der Waals surface area (Å²) in [5.41, 5.74) is 8.51. The summed E-state index contributed by atoms with van der Waals surface area (Å²) in [7, 11) is -4.06. The molecule has 3 rings (SSSR count). The largest absolute Gasteiger partial charge is 0.459 e. The van der Waals surface area contributed by atoms with Crippen molar-refractivity contribution in [2.45, 2.75) is 56.7 Å². The molecular weight excluding hydrogens is 427 g/mol. The number of nitrogens with two attached hydrogens (primary N) is 1. The molecule has 1 fully saturated rings. The van der Waals surface area contributed by atoms with Crippen LogP contribution in [0.15, 0.2) is 39.6 Å². The van der Waals surface area contributed by atoms with Crippen LogP contribution in [0.5, 0.6) is 0 Å². The Bertz CT molecular complexity index is 1000. The Balaban J connectivity index is 1.74. The van der Waals surface area contributed by atoms with Crippen LogP contribution in [0.1, 0.15) is 55.4 Å². The van der Waals surface area contributed by atoms with Crippen LogP contribution in [-0.2, 0) is 16.4 Å². The molecule has 0 aromatic carbocycles. The van der Waals surface area contributed by atoms with Gasteiger partial charge in [-0.2, -0.15) is 0 Å². The Morgan fingerprint density at radius 3 is 2.65 bits per heavy atom. The zero-order valence-corrected chi connectivity index (χ0v) is 17.9. The molecule has 31 heavy (non-hydrogen) atoms. The van der Waals surface area contributed by atoms with Crippen LogP contribution in [0.2, 0.25) is 0 Å². The summed E-state index contributed by atoms with van der Waals surface area (Å²) in [6, 6.07) is 2.94. The lowest BCUT2D eigenvalue weighted by atomic mass is 9.95. The van der Waals surface area contributed by atoms with Gasteiger partial charge in [0.2, 0.25) is 5.96 Å². The lowest BCUT2D eigenvalue weighted by molar-refractivity contribution is 0.0527. The lowest BCUT2D eigenvalue weighted by Gasteiger charge is -2.33. The zero-order valence-electron chi connectivity index (χ0n) is 17.1. The number of rotatable bonds is 6. The van der Waals surface area contributed by atoms with Crippen LogP contribution in [0.25, 0.3) is 0 Å². The first kappa shape index (κ1) is 22.7. The van der Waals surface area contributed by atoms with Gasteiger partial charge in [-0.3, -0.25) is 10.2 Å². The average molecular weight is 453 g/mol. The molecule has 168 valence electrons. The molecule has 1 atom stereocenters. The molecule has 10 nitrogen and oxygen atoms in total. The summed E-state index contributed by atoms with van der Waals surface area (Å²) in [4.78, 5) is 20.4. The summed E-state index contributed by atoms with van der Waals surface area (Å²) in [6.07, 6.45) is 7.68. The van der Waals surface area contributed by atoms with Gasteiger partial charge in [-0.1, -0.05) is 19.3 Å². The van der Waals surface area contributed by atoms with E-state index in [1.165, 1.54) is 24.3 Å². The van der Waals surface area contributed by atoms with Crippen molar-refractivity contribution in [3.05, 3.63) is 48.2 Å². The molecule has 3 N–H and O–H groups in total. The topological polar surface area (TPSA) is 144 Å². The molecule has 1 aliphatic carbocycles. The third kappa shape index (κ3) is 6.00. The molecule has 0 radical (unpaired) electrons. The minimum Gasteiger partial charge on any atom is -0.459 e. The third-order valence-corrected chi connectivity index (χ3v) is 6.64. The number of furan rings is 1. The number of sulfonamides is 1. The molecule has 2 heterocycles. The van der Waals surface area contributed by atoms with Crippen LogP contribution in [0.3, 0.4) is 0 Å². The number of nitrogens with one attached hydrogen (secondary N) is 1. The maximum Gasteiger partial charge on any atom is 0.308 e. The van der Waals surface area contributed by atoms with Gasteiger partial charge in [-0.25, -0.2) is 27.8 Å². The summed E-state index contributed by atoms with van der Waals surface area (Å²) < 4.78 is 47.0. The van der Waals surface area contributed by atoms with E-state index in [1.807, 2.05) is 0 Å². The van der Waals surface area contributed by atoms with Gasteiger partial charge in [0.15, 0.2) is 11.6 Å². The second kappa shape index (κ2) is 9.86. The van der Waals surface area contributed by atoms with Crippen LogP contribution in [0, 0.1) is 5.82 Å². The Labute approximate surface area is 179 Å². The minimum atomic E-state index is -4.06. The van der Waals surface area contributed by atoms with Gasteiger partial charge in [-0.05, 0) is 31.9 Å². The molecule has 0 saturated heterocycles. The fourth-order valence-corrected chi connectivity index (χ4v) is 4.20. The van der Waals surface area contributed by atoms with Gasteiger partial charge in [0.05, 0.1) is 29.9 Å². The first-order valence-corrected chi connectivity index (χ1v) is 11.5. The van der Waals surface area contributed by atoms with E-state index in [0.717, 1.165) is 44.5 Å². The van der Waals surface area contributed by atoms with Crippen molar-refractivity contribution < 1.29 is 22.0 Å². The molecule has 2 aromatic rings. The molecule has 2 aromatic heterocycles. The molecule has 1 aliphatic rings. The summed E-state index contributed by atoms with van der Waals surface area (Å²) in [6.45, 7) is 1.42. The number of nitrogens with zero attached hydrogens (tertiary/aromatic N) is 4. The maximum absolute atomic E-state index is 12.9. The first-order valence-electron chi connectivity index (χ1n) is 9.95. The predicted molar refractivity (Wildman–Crippen MR) is 111 cm³/mol. The van der Waals surface area contributed by atoms with Gasteiger partial charge in [0.25, 0.3) is 10.0 Å². The number of hydrogen-bond donors (Lipinski definition) is 2. The number of aromatic nitrogens is 2. The SMILES string of the molecule is CC(Cc1ncc(F)cn1)S(=O)(=O)N=C(N)NN(C(=O)c1ccco1)C1CCCCC1. The highest BCUT2D eigenvalue weighted by Crippen LogP contribution is 2.23. The fraction of sp³-hybridized carbons (Fsp3) is 0.474. The van der Waals surface area contributed by atoms with Crippen molar-refractivity contribution in [3.8, 4) is 0 Å². The molecule has 1 amide bonds. The molecule has 1 unspecified atom stereocenters. The number of carbonyl (C=O) groups excluding carboxylic acids is 1. The van der Waals surface area contributed by atoms with Crippen LogP contribution in [0.4, 0.5) is 4.39 Å². The van der Waals surface area contributed by atoms with E-state index in [-0.39, 0.29) is 24.0 Å². The van der Waals surface area contributed by atoms with Gasteiger partial charge in [-0.15, -0.1) is 4.40 Å². The standard InChI is InChI=1S/C19H25FN6O4S/c1-13(10-17-22-11-14(20)12-23-17)31(28,29)25-19(21)24-26(15-6-3-2-4-7-15)18(27)16-8-5-9-30-16/h5,8-9,11-13,15H,2-4,6-7,10H2,1H3,(H3,21,24,25). The molecule has 0 aliphatic heterocycles. The molecular formula is C19H25FN6O4S. The second-order valence-corrected chi connectivity index (χ2v) is 9.40. The lowest BCUT2D eigenvalue weighted by Crippen LogP contribution is -2.54. The minimum absolute atomic E-state index is 0.0724. The molecule has 0 spiro atoms. The van der Waals surface area contributed by atoms with Crippen LogP contribution in [-0.4, -0.2) is 46.6 Å². The summed E-state index contributed by atoms with van der Waals surface area (Å²) >= 11 is 0. The van der Waals surface area contributed by atoms with Gasteiger partial charge >= 0.3 is 5.91 Å². The summed E-state index contributed by atoms with van der Waals surface area (Å²) in [5.74, 6) is -1.24. The molecule has 12 heteroatoms. The van der Waals surface area contributed by atoms with Gasteiger partial charge < -0.3 is 10.2 Å². The van der Waals surface area contributed by atoms with E-state index < -0.39 is 33.0 Å². The number of amides is 1. The van der Waals surface area contributed by atoms with E-state index in [2.05, 4.69) is 19.8 Å². The van der Waals surface area contributed by atoms with Crippen molar-refractivity contribution in [1.29, 1.82) is 0 Å². The van der Waals surface area contributed by atoms with Crippen molar-refractivity contribution in [2.24, 2.45) is 10.1 Å². The van der Waals surface area contributed by atoms with Crippen LogP contribution < -0.4 is 11.2 Å². The first-order chi connectivity index (χ1) is 14.8. The normalized spacial score (nSPS) is 16.6. The number of hydrogen-bond acceptors (Lipinski definition) is 6. The quantitative estimate of drug-likeness (QED) is 0.383. The van der Waals surface area contributed by atoms with Crippen molar-refractivity contribution in [3.63, 3.8) is 0 Å². The number of carbonyl (C=O) groups is 1. The Kier molecular flexibility index (Phi) is 7.21. The highest BCUT2D eigenvalue weighted by molar-refractivity contribution is 7.90. The number of halogens is 1. The van der Waals surface area contributed by atoms with Crippen molar-refractivity contribution in [1.82, 2.24) is 20.4 Å². The smallest absolute Gasteiger partial charge is 0.308 e. The number of guanidine groups is 1. The average Bonchev–Trinajstić information content (AvgIpc) is 3.28. The molecule has 0 bridgehead atoms. The van der Waals surface area contributed by atoms with Crippen molar-refractivity contribution >= 4 is 21.9 Å². The highest BCUT2D eigenvalue weighted by Gasteiger charge is 2.29. The maximum atomic E-state index is 12.9. The molecule has 1 saturated carbocycles. The zero-order chi connectivity index (χ0) is 22.4. The van der Waals surface area contributed by atoms with E-state index in [1.54, 1.807) is 6.07 Å².